The van der Waals surface area contributed by atoms with Crippen molar-refractivity contribution in [3.05, 3.63) is 71.3 Å². The van der Waals surface area contributed by atoms with Gasteiger partial charge in [-0.3, -0.25) is 9.36 Å². The molecule has 1 heterocycles. The molecule has 0 radical (unpaired) electrons. The molecule has 0 bridgehead atoms. The van der Waals surface area contributed by atoms with E-state index >= 15 is 0 Å². The highest BCUT2D eigenvalue weighted by Crippen LogP contribution is 2.26. The lowest BCUT2D eigenvalue weighted by molar-refractivity contribution is -0.113. The smallest absolute Gasteiger partial charge is 0.234 e. The van der Waals surface area contributed by atoms with Crippen LogP contribution in [0.25, 0.3) is 11.4 Å². The highest BCUT2D eigenvalue weighted by Gasteiger charge is 2.15. The van der Waals surface area contributed by atoms with Gasteiger partial charge in [0.1, 0.15) is 0 Å². The van der Waals surface area contributed by atoms with Gasteiger partial charge in [0.2, 0.25) is 5.91 Å². The van der Waals surface area contributed by atoms with E-state index in [-0.39, 0.29) is 11.7 Å². The predicted octanol–water partition coefficient (Wildman–Crippen LogP) is 5.13. The molecular weight excluding hydrogens is 392 g/mol. The number of aromatic nitrogens is 3. The number of hydrogen-bond acceptors (Lipinski definition) is 4. The molecule has 1 aromatic heterocycles. The molecule has 3 aromatic rings. The zero-order valence-electron chi connectivity index (χ0n) is 15.8. The van der Waals surface area contributed by atoms with Crippen LogP contribution < -0.4 is 5.32 Å². The molecule has 0 aliphatic heterocycles. The Kier molecular flexibility index (Phi) is 6.54. The Morgan fingerprint density at radius 1 is 1.18 bits per heavy atom. The second-order valence-electron chi connectivity index (χ2n) is 6.32. The van der Waals surface area contributed by atoms with E-state index in [1.807, 2.05) is 60.9 Å². The van der Waals surface area contributed by atoms with Crippen molar-refractivity contribution >= 4 is 35.0 Å². The molecule has 5 nitrogen and oxygen atoms in total. The maximum absolute atomic E-state index is 12.4. The van der Waals surface area contributed by atoms with Crippen molar-refractivity contribution in [1.82, 2.24) is 14.8 Å². The summed E-state index contributed by atoms with van der Waals surface area (Å²) in [6.07, 6.45) is 1.78. The van der Waals surface area contributed by atoms with Crippen molar-refractivity contribution in [2.24, 2.45) is 0 Å². The molecule has 0 fully saturated rings. The molecule has 0 atom stereocenters. The number of amides is 1. The molecule has 0 aliphatic rings. The van der Waals surface area contributed by atoms with Gasteiger partial charge in [0.05, 0.1) is 5.75 Å². The van der Waals surface area contributed by atoms with Crippen molar-refractivity contribution < 1.29 is 4.79 Å². The summed E-state index contributed by atoms with van der Waals surface area (Å²) >= 11 is 7.32. The van der Waals surface area contributed by atoms with Crippen molar-refractivity contribution in [1.29, 1.82) is 0 Å². The monoisotopic (exact) mass is 412 g/mol. The Labute approximate surface area is 173 Å². The quantitative estimate of drug-likeness (QED) is 0.431. The largest absolute Gasteiger partial charge is 0.325 e. The van der Waals surface area contributed by atoms with Crippen LogP contribution in [0, 0.1) is 13.8 Å². The van der Waals surface area contributed by atoms with Crippen LogP contribution in [-0.4, -0.2) is 26.4 Å². The highest BCUT2D eigenvalue weighted by molar-refractivity contribution is 7.99. The number of anilines is 1. The van der Waals surface area contributed by atoms with Gasteiger partial charge in [-0.2, -0.15) is 0 Å². The molecule has 3 rings (SSSR count). The zero-order chi connectivity index (χ0) is 20.1. The Morgan fingerprint density at radius 2 is 1.86 bits per heavy atom. The molecule has 28 heavy (non-hydrogen) atoms. The Morgan fingerprint density at radius 3 is 2.50 bits per heavy atom. The van der Waals surface area contributed by atoms with Gasteiger partial charge in [-0.1, -0.05) is 47.6 Å². The molecule has 7 heteroatoms. The Hall–Kier alpha value is -2.57. The zero-order valence-corrected chi connectivity index (χ0v) is 17.3. The molecule has 2 aromatic carbocycles. The van der Waals surface area contributed by atoms with Gasteiger partial charge < -0.3 is 5.32 Å². The minimum Gasteiger partial charge on any atom is -0.325 e. The first-order valence-corrected chi connectivity index (χ1v) is 10.1. The molecule has 0 spiro atoms. The minimum absolute atomic E-state index is 0.0800. The normalized spacial score (nSPS) is 10.7. The second kappa shape index (κ2) is 9.08. The number of benzene rings is 2. The first-order chi connectivity index (χ1) is 13.5. The maximum Gasteiger partial charge on any atom is 0.234 e. The third kappa shape index (κ3) is 4.64. The Bertz CT molecular complexity index is 978. The van der Waals surface area contributed by atoms with Crippen LogP contribution in [0.1, 0.15) is 11.1 Å². The molecule has 0 aliphatic carbocycles. The van der Waals surface area contributed by atoms with Gasteiger partial charge in [0.15, 0.2) is 11.0 Å². The molecule has 0 unspecified atom stereocenters. The minimum atomic E-state index is -0.0800. The number of aryl methyl sites for hydroxylation is 2. The third-order valence-corrected chi connectivity index (χ3v) is 5.43. The number of thioether (sulfide) groups is 1. The predicted molar refractivity (Wildman–Crippen MR) is 116 cm³/mol. The van der Waals surface area contributed by atoms with Crippen molar-refractivity contribution in [2.45, 2.75) is 25.5 Å². The highest BCUT2D eigenvalue weighted by atomic mass is 35.5. The lowest BCUT2D eigenvalue weighted by atomic mass is 10.1. The molecule has 1 amide bonds. The number of carbonyl (C=O) groups excluding carboxylic acids is 1. The van der Waals surface area contributed by atoms with E-state index in [2.05, 4.69) is 22.1 Å². The maximum atomic E-state index is 12.4. The van der Waals surface area contributed by atoms with E-state index in [1.54, 1.807) is 6.08 Å². The van der Waals surface area contributed by atoms with Crippen LogP contribution in [0.4, 0.5) is 5.69 Å². The van der Waals surface area contributed by atoms with E-state index in [1.165, 1.54) is 11.8 Å². The van der Waals surface area contributed by atoms with Crippen LogP contribution in [0.3, 0.4) is 0 Å². The SMILES string of the molecule is C=CCn1c(SCC(=O)Nc2c(C)cccc2C)nnc1-c1ccc(Cl)cc1. The van der Waals surface area contributed by atoms with Crippen LogP contribution >= 0.6 is 23.4 Å². The first kappa shape index (κ1) is 20.2. The van der Waals surface area contributed by atoms with E-state index in [9.17, 15) is 4.79 Å². The molecular formula is C21H21ClN4OS. The summed E-state index contributed by atoms with van der Waals surface area (Å²) in [5.74, 6) is 0.877. The summed E-state index contributed by atoms with van der Waals surface area (Å²) in [5.41, 5.74) is 3.85. The van der Waals surface area contributed by atoms with Gasteiger partial charge in [0, 0.05) is 22.8 Å². The van der Waals surface area contributed by atoms with Crippen molar-refractivity contribution in [3.63, 3.8) is 0 Å². The summed E-state index contributed by atoms with van der Waals surface area (Å²) in [5, 5.41) is 12.9. The average Bonchev–Trinajstić information content (AvgIpc) is 3.07. The summed E-state index contributed by atoms with van der Waals surface area (Å²) in [6.45, 7) is 8.32. The fourth-order valence-electron chi connectivity index (χ4n) is 2.82. The molecule has 1 N–H and O–H groups in total. The number of carbonyl (C=O) groups is 1. The summed E-state index contributed by atoms with van der Waals surface area (Å²) in [6, 6.07) is 13.4. The summed E-state index contributed by atoms with van der Waals surface area (Å²) in [7, 11) is 0. The number of rotatable bonds is 7. The van der Waals surface area contributed by atoms with E-state index in [4.69, 9.17) is 11.6 Å². The van der Waals surface area contributed by atoms with Gasteiger partial charge in [-0.15, -0.1) is 16.8 Å². The second-order valence-corrected chi connectivity index (χ2v) is 7.69. The van der Waals surface area contributed by atoms with Crippen LogP contribution in [-0.2, 0) is 11.3 Å². The first-order valence-electron chi connectivity index (χ1n) is 8.78. The fourth-order valence-corrected chi connectivity index (χ4v) is 3.69. The van der Waals surface area contributed by atoms with E-state index in [0.29, 0.717) is 22.5 Å². The summed E-state index contributed by atoms with van der Waals surface area (Å²) < 4.78 is 1.94. The van der Waals surface area contributed by atoms with Crippen LogP contribution in [0.5, 0.6) is 0 Å². The van der Waals surface area contributed by atoms with E-state index in [0.717, 1.165) is 22.4 Å². The number of halogens is 1. The standard InChI is InChI=1S/C21H21ClN4OS/c1-4-12-26-20(16-8-10-17(22)11-9-16)24-25-21(26)28-13-18(27)23-19-14(2)6-5-7-15(19)3/h4-11H,1,12-13H2,2-3H3,(H,23,27). The molecule has 0 saturated heterocycles. The topological polar surface area (TPSA) is 59.8 Å². The third-order valence-electron chi connectivity index (χ3n) is 4.21. The van der Waals surface area contributed by atoms with Crippen molar-refractivity contribution in [2.75, 3.05) is 11.1 Å². The fraction of sp³-hybridized carbons (Fsp3) is 0.190. The van der Waals surface area contributed by atoms with Gasteiger partial charge in [-0.25, -0.2) is 0 Å². The Balaban J connectivity index is 1.74. The molecule has 144 valence electrons. The molecule has 0 saturated carbocycles. The van der Waals surface area contributed by atoms with Gasteiger partial charge >= 0.3 is 0 Å². The summed E-state index contributed by atoms with van der Waals surface area (Å²) in [4.78, 5) is 12.4. The number of nitrogens with zero attached hydrogens (tertiary/aromatic N) is 3. The number of allylic oxidation sites excluding steroid dienone is 1. The average molecular weight is 413 g/mol. The van der Waals surface area contributed by atoms with Gasteiger partial charge in [0.25, 0.3) is 0 Å². The van der Waals surface area contributed by atoms with Crippen molar-refractivity contribution in [3.8, 4) is 11.4 Å². The lowest BCUT2D eigenvalue weighted by Crippen LogP contribution is -2.16. The number of nitrogens with one attached hydrogen (secondary N) is 1. The lowest BCUT2D eigenvalue weighted by Gasteiger charge is -2.11. The van der Waals surface area contributed by atoms with Crippen LogP contribution in [0.15, 0.2) is 60.3 Å². The van der Waals surface area contributed by atoms with E-state index < -0.39 is 0 Å². The van der Waals surface area contributed by atoms with Crippen LogP contribution in [0.2, 0.25) is 5.02 Å². The number of hydrogen-bond donors (Lipinski definition) is 1. The van der Waals surface area contributed by atoms with Gasteiger partial charge in [-0.05, 0) is 49.2 Å². The number of para-hydroxylation sites is 1.